The van der Waals surface area contributed by atoms with E-state index >= 15 is 0 Å². The van der Waals surface area contributed by atoms with Crippen LogP contribution in [0.2, 0.25) is 0 Å². The molecule has 4 N–H and O–H groups in total. The smallest absolute Gasteiger partial charge is 0.352 e. The first kappa shape index (κ1) is 18.2. The van der Waals surface area contributed by atoms with Gasteiger partial charge in [-0.1, -0.05) is 5.16 Å². The van der Waals surface area contributed by atoms with Crippen LogP contribution in [0.25, 0.3) is 0 Å². The molecule has 0 aliphatic carbocycles. The van der Waals surface area contributed by atoms with Gasteiger partial charge in [0.25, 0.3) is 11.8 Å². The number of nitrogens with two attached hydrogens (primary N) is 1. The predicted molar refractivity (Wildman–Crippen MR) is 95.4 cm³/mol. The van der Waals surface area contributed by atoms with Gasteiger partial charge in [-0.15, -0.1) is 23.1 Å². The molecule has 0 bridgehead atoms. The summed E-state index contributed by atoms with van der Waals surface area (Å²) in [6, 6.07) is -0.854. The van der Waals surface area contributed by atoms with E-state index < -0.39 is 29.2 Å². The maximum Gasteiger partial charge on any atom is 0.352 e. The van der Waals surface area contributed by atoms with E-state index in [1.54, 1.807) is 12.3 Å². The highest BCUT2D eigenvalue weighted by molar-refractivity contribution is 8.00. The number of aliphatic carboxylic acids is 1. The fourth-order valence-electron chi connectivity index (χ4n) is 2.68. The topological polar surface area (TPSA) is 147 Å². The summed E-state index contributed by atoms with van der Waals surface area (Å²) in [5.74, 6) is -1.84. The van der Waals surface area contributed by atoms with E-state index in [1.807, 2.05) is 0 Å². The number of amides is 2. The summed E-state index contributed by atoms with van der Waals surface area (Å²) in [5, 5.41) is 16.9. The molecule has 2 aliphatic heterocycles. The minimum absolute atomic E-state index is 0.0256. The van der Waals surface area contributed by atoms with Gasteiger partial charge in [-0.25, -0.2) is 9.78 Å². The third-order valence-electron chi connectivity index (χ3n) is 3.81. The molecule has 0 aromatic carbocycles. The van der Waals surface area contributed by atoms with Crippen LogP contribution in [-0.2, 0) is 19.2 Å². The van der Waals surface area contributed by atoms with Crippen molar-refractivity contribution in [2.45, 2.75) is 18.3 Å². The Labute approximate surface area is 156 Å². The van der Waals surface area contributed by atoms with Gasteiger partial charge in [-0.3, -0.25) is 14.5 Å². The number of thioether (sulfide) groups is 1. The molecule has 1 aromatic heterocycles. The molecule has 1 aromatic rings. The highest BCUT2D eigenvalue weighted by Gasteiger charge is 2.54. The molecule has 2 aliphatic rings. The fraction of sp³-hybridized carbons (Fsp3) is 0.357. The third-order valence-corrected chi connectivity index (χ3v) is 5.91. The van der Waals surface area contributed by atoms with E-state index in [1.165, 1.54) is 23.8 Å². The highest BCUT2D eigenvalue weighted by Crippen LogP contribution is 2.40. The summed E-state index contributed by atoms with van der Waals surface area (Å²) < 4.78 is 0. The molecule has 138 valence electrons. The van der Waals surface area contributed by atoms with Crippen LogP contribution in [0, 0.1) is 0 Å². The zero-order valence-electron chi connectivity index (χ0n) is 13.8. The van der Waals surface area contributed by atoms with Crippen LogP contribution >= 0.6 is 23.1 Å². The second kappa shape index (κ2) is 6.96. The summed E-state index contributed by atoms with van der Waals surface area (Å²) in [6.45, 7) is 1.67. The first-order valence-electron chi connectivity index (χ1n) is 7.36. The Balaban J connectivity index is 1.78. The molecule has 10 nitrogen and oxygen atoms in total. The number of nitrogens with one attached hydrogen (secondary N) is 1. The van der Waals surface area contributed by atoms with Gasteiger partial charge >= 0.3 is 5.97 Å². The van der Waals surface area contributed by atoms with Crippen molar-refractivity contribution in [2.24, 2.45) is 5.16 Å². The Morgan fingerprint density at radius 1 is 1.54 bits per heavy atom. The van der Waals surface area contributed by atoms with Gasteiger partial charge < -0.3 is 21.0 Å². The number of anilines is 1. The molecule has 0 radical (unpaired) electrons. The number of carbonyl (C=O) groups excluding carboxylic acids is 2. The first-order chi connectivity index (χ1) is 12.3. The van der Waals surface area contributed by atoms with Gasteiger partial charge in [0.2, 0.25) is 0 Å². The van der Waals surface area contributed by atoms with Crippen molar-refractivity contribution in [2.75, 3.05) is 18.6 Å². The molecule has 1 unspecified atom stereocenters. The maximum absolute atomic E-state index is 12.5. The Bertz CT molecular complexity index is 849. The number of carboxylic acid groups (broad SMARTS) is 1. The number of fused-ring (bicyclic) bond motifs is 1. The molecule has 12 heteroatoms. The Morgan fingerprint density at radius 2 is 2.27 bits per heavy atom. The normalized spacial score (nSPS) is 22.6. The number of hydrogen-bond acceptors (Lipinski definition) is 9. The number of β-lactam (4-membered cyclic amide) rings is 1. The van der Waals surface area contributed by atoms with E-state index in [4.69, 9.17) is 5.73 Å². The molecule has 26 heavy (non-hydrogen) atoms. The van der Waals surface area contributed by atoms with Crippen LogP contribution in [0.1, 0.15) is 12.6 Å². The van der Waals surface area contributed by atoms with Gasteiger partial charge in [0, 0.05) is 11.1 Å². The Hall–Kier alpha value is -2.60. The number of oxime groups is 1. The van der Waals surface area contributed by atoms with Crippen molar-refractivity contribution in [3.05, 3.63) is 22.3 Å². The lowest BCUT2D eigenvalue weighted by atomic mass is 10.0. The molecule has 2 amide bonds. The molecule has 1 fully saturated rings. The number of thiazole rings is 1. The highest BCUT2D eigenvalue weighted by atomic mass is 32.2. The summed E-state index contributed by atoms with van der Waals surface area (Å²) in [7, 11) is 1.28. The Morgan fingerprint density at radius 3 is 2.85 bits per heavy atom. The standard InChI is InChI=1S/C14H15N5O5S2/c1-5-3-25-12-8(11(21)19(12)9(5)13(22)23)17-10(20)7(18-24-2)6-4-26-14(15)16-6/h4,8,12H,3H2,1-2H3,(H2,15,16)(H,17,20)(H,22,23)/t8?,12-/m0/s1. The lowest BCUT2D eigenvalue weighted by Gasteiger charge is -2.49. The lowest BCUT2D eigenvalue weighted by molar-refractivity contribution is -0.150. The number of carboxylic acids is 1. The molecule has 0 spiro atoms. The second-order valence-electron chi connectivity index (χ2n) is 5.49. The van der Waals surface area contributed by atoms with Crippen molar-refractivity contribution in [3.63, 3.8) is 0 Å². The molecular formula is C14H15N5O5S2. The molecule has 2 atom stereocenters. The van der Waals surface area contributed by atoms with E-state index in [0.717, 1.165) is 11.3 Å². The van der Waals surface area contributed by atoms with Crippen LogP contribution in [0.4, 0.5) is 5.13 Å². The maximum atomic E-state index is 12.5. The van der Waals surface area contributed by atoms with Gasteiger partial charge in [0.05, 0.1) is 0 Å². The number of nitrogen functional groups attached to an aromatic ring is 1. The van der Waals surface area contributed by atoms with E-state index in [0.29, 0.717) is 11.3 Å². The van der Waals surface area contributed by atoms with E-state index in [-0.39, 0.29) is 22.2 Å². The van der Waals surface area contributed by atoms with Crippen LogP contribution in [0.5, 0.6) is 0 Å². The second-order valence-corrected chi connectivity index (χ2v) is 7.48. The van der Waals surface area contributed by atoms with E-state index in [9.17, 15) is 19.5 Å². The minimum atomic E-state index is -1.16. The Kier molecular flexibility index (Phi) is 4.87. The first-order valence-corrected chi connectivity index (χ1v) is 9.29. The van der Waals surface area contributed by atoms with Crippen molar-refractivity contribution >= 4 is 51.7 Å². The lowest BCUT2D eigenvalue weighted by Crippen LogP contribution is -2.71. The fourth-order valence-corrected chi connectivity index (χ4v) is 4.52. The van der Waals surface area contributed by atoms with Gasteiger partial charge in [-0.05, 0) is 12.5 Å². The molecule has 3 heterocycles. The molecule has 3 rings (SSSR count). The number of aromatic nitrogens is 1. The molecular weight excluding hydrogens is 382 g/mol. The molecule has 1 saturated heterocycles. The number of carbonyl (C=O) groups is 3. The minimum Gasteiger partial charge on any atom is -0.477 e. The zero-order chi connectivity index (χ0) is 19.0. The third kappa shape index (κ3) is 3.01. The van der Waals surface area contributed by atoms with Crippen LogP contribution in [0.15, 0.2) is 21.8 Å². The summed E-state index contributed by atoms with van der Waals surface area (Å²) in [6.07, 6.45) is 0. The predicted octanol–water partition coefficient (Wildman–Crippen LogP) is -0.166. The van der Waals surface area contributed by atoms with Crippen LogP contribution in [0.3, 0.4) is 0 Å². The zero-order valence-corrected chi connectivity index (χ0v) is 15.4. The monoisotopic (exact) mass is 397 g/mol. The summed E-state index contributed by atoms with van der Waals surface area (Å²) >= 11 is 2.52. The summed E-state index contributed by atoms with van der Waals surface area (Å²) in [4.78, 5) is 46.2. The largest absolute Gasteiger partial charge is 0.477 e. The van der Waals surface area contributed by atoms with Crippen molar-refractivity contribution in [1.29, 1.82) is 0 Å². The van der Waals surface area contributed by atoms with Crippen molar-refractivity contribution < 1.29 is 24.3 Å². The SMILES string of the molecule is CON=C(C(=O)NC1C(=O)N2C(C(=O)O)=C(C)CS[C@@H]12)c1csc(N)n1. The number of rotatable bonds is 5. The average molecular weight is 397 g/mol. The number of hydrogen-bond donors (Lipinski definition) is 3. The van der Waals surface area contributed by atoms with Crippen molar-refractivity contribution in [1.82, 2.24) is 15.2 Å². The van der Waals surface area contributed by atoms with Gasteiger partial charge in [-0.2, -0.15) is 0 Å². The quantitative estimate of drug-likeness (QED) is 0.353. The van der Waals surface area contributed by atoms with Crippen LogP contribution in [-0.4, -0.2) is 62.8 Å². The number of nitrogens with zero attached hydrogens (tertiary/aromatic N) is 3. The average Bonchev–Trinajstić information content (AvgIpc) is 3.02. The summed E-state index contributed by atoms with van der Waals surface area (Å²) in [5.41, 5.74) is 6.27. The van der Waals surface area contributed by atoms with Gasteiger partial charge in [0.15, 0.2) is 10.8 Å². The van der Waals surface area contributed by atoms with Crippen LogP contribution < -0.4 is 11.1 Å². The molecule has 0 saturated carbocycles. The van der Waals surface area contributed by atoms with Gasteiger partial charge in [0.1, 0.15) is 29.9 Å². The van der Waals surface area contributed by atoms with Crippen molar-refractivity contribution in [3.8, 4) is 0 Å². The van der Waals surface area contributed by atoms with E-state index in [2.05, 4.69) is 20.3 Å².